The van der Waals surface area contributed by atoms with Crippen LogP contribution < -0.4 is 0 Å². The lowest BCUT2D eigenvalue weighted by Crippen LogP contribution is -2.50. The molecular formula is C27H33N3O5. The molecule has 0 spiro atoms. The highest BCUT2D eigenvalue weighted by Crippen LogP contribution is 2.34. The second-order valence-electron chi connectivity index (χ2n) is 10.1. The molecule has 2 heterocycles. The Morgan fingerprint density at radius 3 is 2.03 bits per heavy atom. The molecule has 186 valence electrons. The number of carbonyl (C=O) groups is 3. The zero-order valence-electron chi connectivity index (χ0n) is 20.8. The normalized spacial score (nSPS) is 16.5. The van der Waals surface area contributed by atoms with Crippen LogP contribution in [-0.4, -0.2) is 70.6 Å². The van der Waals surface area contributed by atoms with Gasteiger partial charge < -0.3 is 19.3 Å². The van der Waals surface area contributed by atoms with E-state index in [1.165, 1.54) is 7.11 Å². The predicted molar refractivity (Wildman–Crippen MR) is 131 cm³/mol. The van der Waals surface area contributed by atoms with Crippen LogP contribution in [0, 0.1) is 0 Å². The maximum Gasteiger partial charge on any atom is 0.410 e. The van der Waals surface area contributed by atoms with Crippen LogP contribution in [0.4, 0.5) is 4.79 Å². The molecule has 4 rings (SSSR count). The largest absolute Gasteiger partial charge is 0.464 e. The van der Waals surface area contributed by atoms with Crippen molar-refractivity contribution in [1.29, 1.82) is 0 Å². The smallest absolute Gasteiger partial charge is 0.410 e. The molecule has 1 aliphatic heterocycles. The number of ether oxygens (including phenoxy) is 2. The number of hydrogen-bond donors (Lipinski definition) is 0. The lowest BCUT2D eigenvalue weighted by molar-refractivity contribution is 0.0142. The second-order valence-corrected chi connectivity index (χ2v) is 10.1. The van der Waals surface area contributed by atoms with E-state index in [4.69, 9.17) is 4.74 Å². The molecule has 1 saturated heterocycles. The topological polar surface area (TPSA) is 89.0 Å². The SMILES string of the molecule is COC(=O)c1ccc(-c2ccc(C(=O)N(C3CC3)C3CCN(C(=O)OC(C)(C)C)CC3)cc2)cn1. The fraction of sp³-hybridized carbons (Fsp3) is 0.481. The van der Waals surface area contributed by atoms with Gasteiger partial charge in [-0.1, -0.05) is 18.2 Å². The minimum absolute atomic E-state index is 0.0360. The summed E-state index contributed by atoms with van der Waals surface area (Å²) < 4.78 is 10.2. The van der Waals surface area contributed by atoms with Gasteiger partial charge in [0.15, 0.2) is 0 Å². The monoisotopic (exact) mass is 479 g/mol. The average Bonchev–Trinajstić information content (AvgIpc) is 3.68. The van der Waals surface area contributed by atoms with E-state index in [-0.39, 0.29) is 29.8 Å². The van der Waals surface area contributed by atoms with Crippen molar-refractivity contribution in [2.45, 2.75) is 64.1 Å². The summed E-state index contributed by atoms with van der Waals surface area (Å²) in [6.07, 6.45) is 4.88. The standard InChI is InChI=1S/C27H33N3O5/c1-27(2,3)35-26(33)29-15-13-22(14-16-29)30(21-10-11-21)24(31)19-7-5-18(6-8-19)20-9-12-23(28-17-20)25(32)34-4/h5-9,12,17,21-22H,10-11,13-16H2,1-4H3. The third-order valence-corrected chi connectivity index (χ3v) is 6.31. The summed E-state index contributed by atoms with van der Waals surface area (Å²) in [6.45, 7) is 6.77. The molecule has 2 fully saturated rings. The van der Waals surface area contributed by atoms with E-state index in [1.807, 2.05) is 56.0 Å². The molecule has 1 aromatic heterocycles. The van der Waals surface area contributed by atoms with E-state index < -0.39 is 11.6 Å². The Morgan fingerprint density at radius 1 is 0.914 bits per heavy atom. The van der Waals surface area contributed by atoms with Gasteiger partial charge in [-0.05, 0) is 70.2 Å². The number of pyridine rings is 1. The molecule has 0 bridgehead atoms. The van der Waals surface area contributed by atoms with Gasteiger partial charge in [0.2, 0.25) is 0 Å². The molecule has 1 aliphatic carbocycles. The Kier molecular flexibility index (Phi) is 7.10. The van der Waals surface area contributed by atoms with Crippen LogP contribution in [0.15, 0.2) is 42.6 Å². The molecular weight excluding hydrogens is 446 g/mol. The summed E-state index contributed by atoms with van der Waals surface area (Å²) in [6, 6.07) is 11.3. The van der Waals surface area contributed by atoms with Crippen LogP contribution in [-0.2, 0) is 9.47 Å². The van der Waals surface area contributed by atoms with Crippen molar-refractivity contribution in [2.24, 2.45) is 0 Å². The Balaban J connectivity index is 1.41. The first-order chi connectivity index (χ1) is 16.7. The Hall–Kier alpha value is -3.42. The number of hydrogen-bond acceptors (Lipinski definition) is 6. The number of methoxy groups -OCH3 is 1. The quantitative estimate of drug-likeness (QED) is 0.585. The highest BCUT2D eigenvalue weighted by molar-refractivity contribution is 5.95. The first-order valence-corrected chi connectivity index (χ1v) is 12.1. The fourth-order valence-electron chi connectivity index (χ4n) is 4.38. The van der Waals surface area contributed by atoms with E-state index in [1.54, 1.807) is 17.2 Å². The number of rotatable bonds is 5. The van der Waals surface area contributed by atoms with E-state index >= 15 is 0 Å². The van der Waals surface area contributed by atoms with Crippen LogP contribution in [0.25, 0.3) is 11.1 Å². The number of esters is 1. The minimum Gasteiger partial charge on any atom is -0.464 e. The number of likely N-dealkylation sites (tertiary alicyclic amines) is 1. The maximum absolute atomic E-state index is 13.5. The van der Waals surface area contributed by atoms with Gasteiger partial charge in [-0.25, -0.2) is 14.6 Å². The molecule has 35 heavy (non-hydrogen) atoms. The second kappa shape index (κ2) is 10.1. The lowest BCUT2D eigenvalue weighted by Gasteiger charge is -2.39. The van der Waals surface area contributed by atoms with Gasteiger partial charge in [0.1, 0.15) is 11.3 Å². The molecule has 2 aromatic rings. The number of amides is 2. The van der Waals surface area contributed by atoms with Crippen molar-refractivity contribution in [1.82, 2.24) is 14.8 Å². The van der Waals surface area contributed by atoms with Crippen LogP contribution in [0.5, 0.6) is 0 Å². The number of benzene rings is 1. The Morgan fingerprint density at radius 2 is 1.51 bits per heavy atom. The average molecular weight is 480 g/mol. The van der Waals surface area contributed by atoms with Gasteiger partial charge in [0.05, 0.1) is 7.11 Å². The van der Waals surface area contributed by atoms with Gasteiger partial charge in [-0.15, -0.1) is 0 Å². The van der Waals surface area contributed by atoms with Crippen molar-refractivity contribution < 1.29 is 23.9 Å². The van der Waals surface area contributed by atoms with Gasteiger partial charge in [0, 0.05) is 42.5 Å². The molecule has 0 atom stereocenters. The zero-order chi connectivity index (χ0) is 25.2. The summed E-state index contributed by atoms with van der Waals surface area (Å²) >= 11 is 0. The first-order valence-electron chi connectivity index (χ1n) is 12.1. The van der Waals surface area contributed by atoms with Gasteiger partial charge >= 0.3 is 12.1 Å². The summed E-state index contributed by atoms with van der Waals surface area (Å²) in [5.41, 5.74) is 2.14. The third kappa shape index (κ3) is 5.99. The molecule has 2 amide bonds. The van der Waals surface area contributed by atoms with Crippen molar-refractivity contribution >= 4 is 18.0 Å². The maximum atomic E-state index is 13.5. The molecule has 0 radical (unpaired) electrons. The number of aromatic nitrogens is 1. The minimum atomic E-state index is -0.518. The number of nitrogens with zero attached hydrogens (tertiary/aromatic N) is 3. The van der Waals surface area contributed by atoms with Crippen LogP contribution in [0.1, 0.15) is 67.3 Å². The lowest BCUT2D eigenvalue weighted by atomic mass is 10.0. The number of carbonyl (C=O) groups excluding carboxylic acids is 3. The highest BCUT2D eigenvalue weighted by Gasteiger charge is 2.39. The van der Waals surface area contributed by atoms with Crippen molar-refractivity contribution in [3.63, 3.8) is 0 Å². The van der Waals surface area contributed by atoms with E-state index in [2.05, 4.69) is 9.72 Å². The van der Waals surface area contributed by atoms with Gasteiger partial charge in [0.25, 0.3) is 5.91 Å². The van der Waals surface area contributed by atoms with Gasteiger partial charge in [-0.2, -0.15) is 0 Å². The number of piperidine rings is 1. The van der Waals surface area contributed by atoms with Crippen LogP contribution in [0.2, 0.25) is 0 Å². The van der Waals surface area contributed by atoms with Crippen molar-refractivity contribution in [3.8, 4) is 11.1 Å². The van der Waals surface area contributed by atoms with Crippen molar-refractivity contribution in [2.75, 3.05) is 20.2 Å². The summed E-state index contributed by atoms with van der Waals surface area (Å²) in [5.74, 6) is -0.441. The molecule has 1 saturated carbocycles. The molecule has 0 unspecified atom stereocenters. The summed E-state index contributed by atoms with van der Waals surface area (Å²) in [7, 11) is 1.32. The molecule has 1 aromatic carbocycles. The molecule has 8 heteroatoms. The zero-order valence-corrected chi connectivity index (χ0v) is 20.8. The predicted octanol–water partition coefficient (Wildman–Crippen LogP) is 4.54. The highest BCUT2D eigenvalue weighted by atomic mass is 16.6. The third-order valence-electron chi connectivity index (χ3n) is 6.31. The van der Waals surface area contributed by atoms with E-state index in [9.17, 15) is 14.4 Å². The fourth-order valence-corrected chi connectivity index (χ4v) is 4.38. The van der Waals surface area contributed by atoms with E-state index in [0.29, 0.717) is 18.7 Å². The molecule has 2 aliphatic rings. The summed E-state index contributed by atoms with van der Waals surface area (Å²) in [5, 5.41) is 0. The Bertz CT molecular complexity index is 1060. The van der Waals surface area contributed by atoms with Crippen LogP contribution in [0.3, 0.4) is 0 Å². The van der Waals surface area contributed by atoms with E-state index in [0.717, 1.165) is 36.8 Å². The molecule has 8 nitrogen and oxygen atoms in total. The Labute approximate surface area is 206 Å². The van der Waals surface area contributed by atoms with Crippen LogP contribution >= 0.6 is 0 Å². The van der Waals surface area contributed by atoms with Crippen molar-refractivity contribution in [3.05, 3.63) is 53.9 Å². The molecule has 0 N–H and O–H groups in total. The first kappa shape index (κ1) is 24.7. The van der Waals surface area contributed by atoms with Gasteiger partial charge in [-0.3, -0.25) is 4.79 Å². The summed E-state index contributed by atoms with van der Waals surface area (Å²) in [4.78, 5) is 45.4.